The van der Waals surface area contributed by atoms with E-state index in [9.17, 15) is 0 Å². The van der Waals surface area contributed by atoms with Crippen LogP contribution >= 0.6 is 0 Å². The van der Waals surface area contributed by atoms with Crippen LogP contribution in [0.15, 0.2) is 0 Å². The summed E-state index contributed by atoms with van der Waals surface area (Å²) in [5.41, 5.74) is 6.00. The van der Waals surface area contributed by atoms with Crippen LogP contribution in [0.5, 0.6) is 0 Å². The summed E-state index contributed by atoms with van der Waals surface area (Å²) < 4.78 is 0. The predicted octanol–water partition coefficient (Wildman–Crippen LogP) is 2.87. The van der Waals surface area contributed by atoms with E-state index in [2.05, 4.69) is 25.7 Å². The molecule has 96 valence electrons. The third-order valence-corrected chi connectivity index (χ3v) is 4.23. The van der Waals surface area contributed by atoms with Crippen molar-refractivity contribution in [1.82, 2.24) is 4.90 Å². The summed E-state index contributed by atoms with van der Waals surface area (Å²) in [6, 6.07) is 0.637. The number of nitrogens with two attached hydrogens (primary N) is 1. The lowest BCUT2D eigenvalue weighted by Gasteiger charge is -2.39. The number of nitrogens with zero attached hydrogens (tertiary/aromatic N) is 1. The van der Waals surface area contributed by atoms with Gasteiger partial charge in [0.15, 0.2) is 0 Å². The molecule has 1 atom stereocenters. The first kappa shape index (κ1) is 14.0. The van der Waals surface area contributed by atoms with E-state index in [1.54, 1.807) is 0 Å². The lowest BCUT2D eigenvalue weighted by atomic mass is 9.78. The minimum absolute atomic E-state index is 0.637. The Kier molecular flexibility index (Phi) is 6.37. The van der Waals surface area contributed by atoms with Gasteiger partial charge in [0, 0.05) is 12.6 Å². The van der Waals surface area contributed by atoms with Crippen LogP contribution in [-0.4, -0.2) is 30.6 Å². The summed E-state index contributed by atoms with van der Waals surface area (Å²) in [4.78, 5) is 2.60. The zero-order valence-corrected chi connectivity index (χ0v) is 11.4. The molecule has 0 amide bonds. The van der Waals surface area contributed by atoms with E-state index >= 15 is 0 Å². The maximum atomic E-state index is 6.00. The van der Waals surface area contributed by atoms with Crippen LogP contribution < -0.4 is 5.73 Å². The van der Waals surface area contributed by atoms with E-state index in [0.717, 1.165) is 24.9 Å². The molecule has 0 spiro atoms. The molecular weight excluding hydrogens is 196 g/mol. The van der Waals surface area contributed by atoms with Crippen molar-refractivity contribution < 1.29 is 0 Å². The normalized spacial score (nSPS) is 28.3. The van der Waals surface area contributed by atoms with E-state index in [4.69, 9.17) is 5.73 Å². The summed E-state index contributed by atoms with van der Waals surface area (Å²) in [7, 11) is 0. The quantitative estimate of drug-likeness (QED) is 0.754. The fourth-order valence-corrected chi connectivity index (χ4v) is 3.16. The molecule has 0 aliphatic heterocycles. The molecule has 0 aromatic carbocycles. The van der Waals surface area contributed by atoms with E-state index in [1.165, 1.54) is 38.6 Å². The van der Waals surface area contributed by atoms with Gasteiger partial charge in [-0.2, -0.15) is 0 Å². The molecule has 0 aromatic heterocycles. The van der Waals surface area contributed by atoms with Crippen LogP contribution in [0.4, 0.5) is 0 Å². The molecule has 2 heteroatoms. The first-order valence-electron chi connectivity index (χ1n) is 7.17. The van der Waals surface area contributed by atoms with Crippen LogP contribution in [-0.2, 0) is 0 Å². The second-order valence-electron chi connectivity index (χ2n) is 5.45. The molecule has 16 heavy (non-hydrogen) atoms. The first-order chi connectivity index (χ1) is 7.72. The standard InChI is InChI=1S/C14H30N2/c1-4-10-16(5-2)14(11-15)13-8-6-12(3)7-9-13/h12-14H,4-11,15H2,1-3H3. The summed E-state index contributed by atoms with van der Waals surface area (Å²) in [5.74, 6) is 1.80. The summed E-state index contributed by atoms with van der Waals surface area (Å²) in [6.45, 7) is 10.1. The lowest BCUT2D eigenvalue weighted by Crippen LogP contribution is -2.46. The zero-order chi connectivity index (χ0) is 12.0. The summed E-state index contributed by atoms with van der Waals surface area (Å²) in [5, 5.41) is 0. The Labute approximate surface area is 102 Å². The van der Waals surface area contributed by atoms with Crippen LogP contribution in [0.3, 0.4) is 0 Å². The number of likely N-dealkylation sites (N-methyl/N-ethyl adjacent to an activating group) is 1. The molecule has 2 N–H and O–H groups in total. The fourth-order valence-electron chi connectivity index (χ4n) is 3.16. The van der Waals surface area contributed by atoms with Crippen LogP contribution in [0.25, 0.3) is 0 Å². The number of hydrogen-bond acceptors (Lipinski definition) is 2. The van der Waals surface area contributed by atoms with Gasteiger partial charge in [0.1, 0.15) is 0 Å². The molecule has 0 bridgehead atoms. The van der Waals surface area contributed by atoms with Gasteiger partial charge in [-0.3, -0.25) is 4.90 Å². The van der Waals surface area contributed by atoms with Crippen molar-refractivity contribution in [2.45, 2.75) is 58.9 Å². The Morgan fingerprint density at radius 1 is 1.19 bits per heavy atom. The van der Waals surface area contributed by atoms with Crippen molar-refractivity contribution in [3.8, 4) is 0 Å². The van der Waals surface area contributed by atoms with E-state index in [0.29, 0.717) is 6.04 Å². The summed E-state index contributed by atoms with van der Waals surface area (Å²) in [6.07, 6.45) is 6.84. The first-order valence-corrected chi connectivity index (χ1v) is 7.17. The molecule has 1 unspecified atom stereocenters. The van der Waals surface area contributed by atoms with E-state index < -0.39 is 0 Å². The minimum Gasteiger partial charge on any atom is -0.329 e. The maximum absolute atomic E-state index is 6.00. The Morgan fingerprint density at radius 3 is 2.25 bits per heavy atom. The third kappa shape index (κ3) is 3.74. The Morgan fingerprint density at radius 2 is 1.81 bits per heavy atom. The van der Waals surface area contributed by atoms with Crippen molar-refractivity contribution in [2.75, 3.05) is 19.6 Å². The smallest absolute Gasteiger partial charge is 0.0246 e. The topological polar surface area (TPSA) is 29.3 Å². The average Bonchev–Trinajstić information content (AvgIpc) is 2.31. The lowest BCUT2D eigenvalue weighted by molar-refractivity contribution is 0.116. The fraction of sp³-hybridized carbons (Fsp3) is 1.00. The van der Waals surface area contributed by atoms with E-state index in [-0.39, 0.29) is 0 Å². The number of hydrogen-bond donors (Lipinski definition) is 1. The molecule has 0 saturated heterocycles. The van der Waals surface area contributed by atoms with Gasteiger partial charge in [0.05, 0.1) is 0 Å². The SMILES string of the molecule is CCCN(CC)C(CN)C1CCC(C)CC1. The van der Waals surface area contributed by atoms with Crippen molar-refractivity contribution in [2.24, 2.45) is 17.6 Å². The van der Waals surface area contributed by atoms with Crippen LogP contribution in [0.2, 0.25) is 0 Å². The third-order valence-electron chi connectivity index (χ3n) is 4.23. The van der Waals surface area contributed by atoms with Crippen molar-refractivity contribution in [3.63, 3.8) is 0 Å². The van der Waals surface area contributed by atoms with Gasteiger partial charge in [-0.05, 0) is 44.2 Å². The molecule has 1 rings (SSSR count). The van der Waals surface area contributed by atoms with Gasteiger partial charge in [0.2, 0.25) is 0 Å². The zero-order valence-electron chi connectivity index (χ0n) is 11.4. The highest BCUT2D eigenvalue weighted by Crippen LogP contribution is 2.32. The van der Waals surface area contributed by atoms with Crippen LogP contribution in [0.1, 0.15) is 52.9 Å². The molecule has 1 aliphatic rings. The van der Waals surface area contributed by atoms with Crippen molar-refractivity contribution in [1.29, 1.82) is 0 Å². The minimum atomic E-state index is 0.637. The second-order valence-corrected chi connectivity index (χ2v) is 5.45. The Balaban J connectivity index is 2.51. The van der Waals surface area contributed by atoms with Gasteiger partial charge < -0.3 is 5.73 Å². The summed E-state index contributed by atoms with van der Waals surface area (Å²) >= 11 is 0. The molecule has 0 radical (unpaired) electrons. The monoisotopic (exact) mass is 226 g/mol. The number of rotatable bonds is 6. The molecule has 0 heterocycles. The molecule has 1 aliphatic carbocycles. The highest BCUT2D eigenvalue weighted by atomic mass is 15.2. The van der Waals surface area contributed by atoms with E-state index in [1.807, 2.05) is 0 Å². The van der Waals surface area contributed by atoms with Gasteiger partial charge in [-0.1, -0.05) is 33.6 Å². The van der Waals surface area contributed by atoms with Gasteiger partial charge in [-0.25, -0.2) is 0 Å². The van der Waals surface area contributed by atoms with Crippen LogP contribution in [0, 0.1) is 11.8 Å². The predicted molar refractivity (Wildman–Crippen MR) is 71.5 cm³/mol. The Hall–Kier alpha value is -0.0800. The molecule has 0 aromatic rings. The molecule has 1 saturated carbocycles. The molecule has 1 fully saturated rings. The molecular formula is C14H30N2. The Bertz CT molecular complexity index is 174. The molecule has 2 nitrogen and oxygen atoms in total. The van der Waals surface area contributed by atoms with Gasteiger partial charge in [-0.15, -0.1) is 0 Å². The average molecular weight is 226 g/mol. The van der Waals surface area contributed by atoms with Crippen molar-refractivity contribution in [3.05, 3.63) is 0 Å². The highest BCUT2D eigenvalue weighted by molar-refractivity contribution is 4.83. The van der Waals surface area contributed by atoms with Gasteiger partial charge >= 0.3 is 0 Å². The highest BCUT2D eigenvalue weighted by Gasteiger charge is 2.28. The second kappa shape index (κ2) is 7.29. The van der Waals surface area contributed by atoms with Crippen molar-refractivity contribution >= 4 is 0 Å². The maximum Gasteiger partial charge on any atom is 0.0246 e. The largest absolute Gasteiger partial charge is 0.329 e. The van der Waals surface area contributed by atoms with Gasteiger partial charge in [0.25, 0.3) is 0 Å².